The Bertz CT molecular complexity index is 262. The van der Waals surface area contributed by atoms with Crippen LogP contribution in [-0.4, -0.2) is 8.76 Å². The van der Waals surface area contributed by atoms with Crippen molar-refractivity contribution in [3.63, 3.8) is 0 Å². The van der Waals surface area contributed by atoms with E-state index in [2.05, 4.69) is 0 Å². The molecule has 10 heavy (non-hydrogen) atoms. The monoisotopic (exact) mass is 157 g/mol. The maximum Gasteiger partial charge on any atom is 0.186 e. The number of nitrogens with two attached hydrogens (primary N) is 1. The van der Waals surface area contributed by atoms with Gasteiger partial charge in [-0.05, 0) is 18.2 Å². The zero-order valence-electron chi connectivity index (χ0n) is 5.15. The van der Waals surface area contributed by atoms with Crippen LogP contribution in [0, 0.1) is 0 Å². The van der Waals surface area contributed by atoms with Gasteiger partial charge in [-0.15, -0.1) is 0 Å². The molecule has 0 aliphatic rings. The second-order valence-electron chi connectivity index (χ2n) is 1.82. The topological polar surface area (TPSA) is 63.3 Å². The van der Waals surface area contributed by atoms with E-state index in [-0.39, 0.29) is 0 Å². The van der Waals surface area contributed by atoms with Gasteiger partial charge in [0.15, 0.2) is 11.1 Å². The predicted octanol–water partition coefficient (Wildman–Crippen LogP) is 0.849. The Morgan fingerprint density at radius 2 is 2.20 bits per heavy atom. The van der Waals surface area contributed by atoms with Gasteiger partial charge in [-0.1, -0.05) is 6.07 Å². The van der Waals surface area contributed by atoms with E-state index >= 15 is 0 Å². The molecule has 0 aliphatic carbocycles. The van der Waals surface area contributed by atoms with Gasteiger partial charge in [-0.25, -0.2) is 4.21 Å². The second kappa shape index (κ2) is 2.81. The molecule has 0 radical (unpaired) electrons. The first kappa shape index (κ1) is 7.24. The summed E-state index contributed by atoms with van der Waals surface area (Å²) in [6.07, 6.45) is 0. The lowest BCUT2D eigenvalue weighted by atomic mass is 10.3. The van der Waals surface area contributed by atoms with Crippen molar-refractivity contribution in [1.29, 1.82) is 0 Å². The van der Waals surface area contributed by atoms with Crippen LogP contribution in [0.1, 0.15) is 0 Å². The van der Waals surface area contributed by atoms with Crippen LogP contribution in [0.15, 0.2) is 29.2 Å². The van der Waals surface area contributed by atoms with Crippen LogP contribution in [0.25, 0.3) is 0 Å². The summed E-state index contributed by atoms with van der Waals surface area (Å²) in [6, 6.07) is 6.32. The molecule has 1 aromatic carbocycles. The minimum atomic E-state index is -1.92. The zero-order chi connectivity index (χ0) is 7.56. The number of benzene rings is 1. The molecule has 1 atom stereocenters. The first-order valence-electron chi connectivity index (χ1n) is 2.66. The van der Waals surface area contributed by atoms with Gasteiger partial charge in [0.05, 0.1) is 4.90 Å². The molecular weight excluding hydrogens is 150 g/mol. The van der Waals surface area contributed by atoms with Gasteiger partial charge in [0.25, 0.3) is 0 Å². The third-order valence-corrected chi connectivity index (χ3v) is 1.72. The van der Waals surface area contributed by atoms with E-state index in [0.717, 1.165) is 0 Å². The van der Waals surface area contributed by atoms with Crippen LogP contribution in [-0.2, 0) is 11.1 Å². The smallest absolute Gasteiger partial charge is 0.186 e. The Morgan fingerprint density at radius 1 is 1.50 bits per heavy atom. The first-order valence-corrected chi connectivity index (χ1v) is 3.77. The number of rotatable bonds is 1. The standard InChI is InChI=1S/C6H7NO2S/c7-5-2-1-3-6(4-5)10(8)9/h1-4H,7H2,(H,8,9). The highest BCUT2D eigenvalue weighted by Crippen LogP contribution is 2.08. The molecule has 1 rings (SSSR count). The molecule has 1 unspecified atom stereocenters. The van der Waals surface area contributed by atoms with E-state index in [1.165, 1.54) is 6.07 Å². The summed E-state index contributed by atoms with van der Waals surface area (Å²) in [5, 5.41) is 0. The van der Waals surface area contributed by atoms with E-state index < -0.39 is 11.1 Å². The van der Waals surface area contributed by atoms with Crippen molar-refractivity contribution in [2.24, 2.45) is 0 Å². The molecule has 3 N–H and O–H groups in total. The van der Waals surface area contributed by atoms with E-state index in [9.17, 15) is 4.21 Å². The third kappa shape index (κ3) is 1.55. The van der Waals surface area contributed by atoms with E-state index in [4.69, 9.17) is 10.3 Å². The van der Waals surface area contributed by atoms with Crippen LogP contribution in [0.4, 0.5) is 5.69 Å². The zero-order valence-corrected chi connectivity index (χ0v) is 5.97. The summed E-state index contributed by atoms with van der Waals surface area (Å²) < 4.78 is 19.0. The lowest BCUT2D eigenvalue weighted by Crippen LogP contribution is -1.90. The van der Waals surface area contributed by atoms with E-state index in [1.807, 2.05) is 0 Å². The molecule has 0 aliphatic heterocycles. The molecule has 3 nitrogen and oxygen atoms in total. The average Bonchev–Trinajstić information content (AvgIpc) is 1.88. The molecule has 0 spiro atoms. The fraction of sp³-hybridized carbons (Fsp3) is 0. The number of nitrogen functional groups attached to an aromatic ring is 1. The van der Waals surface area contributed by atoms with E-state index in [1.54, 1.807) is 18.2 Å². The Balaban J connectivity index is 3.07. The highest BCUT2D eigenvalue weighted by molar-refractivity contribution is 7.79. The van der Waals surface area contributed by atoms with Crippen LogP contribution < -0.4 is 5.73 Å². The van der Waals surface area contributed by atoms with Crippen molar-refractivity contribution in [2.75, 3.05) is 5.73 Å². The highest BCUT2D eigenvalue weighted by atomic mass is 32.2. The molecular formula is C6H7NO2S. The molecule has 1 aromatic rings. The summed E-state index contributed by atoms with van der Waals surface area (Å²) in [7, 11) is 0. The van der Waals surface area contributed by atoms with Crippen LogP contribution in [0.3, 0.4) is 0 Å². The molecule has 0 aromatic heterocycles. The summed E-state index contributed by atoms with van der Waals surface area (Å²) in [5.74, 6) is 0. The van der Waals surface area contributed by atoms with Crippen molar-refractivity contribution in [1.82, 2.24) is 0 Å². The predicted molar refractivity (Wildman–Crippen MR) is 39.9 cm³/mol. The molecule has 0 saturated carbocycles. The molecule has 54 valence electrons. The fourth-order valence-electron chi connectivity index (χ4n) is 0.623. The average molecular weight is 157 g/mol. The highest BCUT2D eigenvalue weighted by Gasteiger charge is 1.97. The number of hydrogen-bond donors (Lipinski definition) is 2. The Hall–Kier alpha value is -0.870. The minimum absolute atomic E-state index is 0.333. The van der Waals surface area contributed by atoms with Gasteiger partial charge < -0.3 is 10.3 Å². The largest absolute Gasteiger partial charge is 0.399 e. The van der Waals surface area contributed by atoms with Crippen molar-refractivity contribution in [3.05, 3.63) is 24.3 Å². The Kier molecular flexibility index (Phi) is 2.03. The maximum absolute atomic E-state index is 10.4. The fourth-order valence-corrected chi connectivity index (χ4v) is 1.06. The van der Waals surface area contributed by atoms with Crippen molar-refractivity contribution in [3.8, 4) is 0 Å². The summed E-state index contributed by atoms with van der Waals surface area (Å²) in [5.41, 5.74) is 5.85. The molecule has 0 heterocycles. The second-order valence-corrected chi connectivity index (χ2v) is 2.79. The molecule has 0 fully saturated rings. The number of hydrogen-bond acceptors (Lipinski definition) is 2. The van der Waals surface area contributed by atoms with Crippen LogP contribution in [0.5, 0.6) is 0 Å². The van der Waals surface area contributed by atoms with Crippen LogP contribution in [0.2, 0.25) is 0 Å². The first-order chi connectivity index (χ1) is 4.70. The van der Waals surface area contributed by atoms with Gasteiger partial charge >= 0.3 is 0 Å². The van der Waals surface area contributed by atoms with Gasteiger partial charge in [0.1, 0.15) is 0 Å². The normalized spacial score (nSPS) is 12.9. The molecule has 0 amide bonds. The van der Waals surface area contributed by atoms with Gasteiger partial charge in [0, 0.05) is 5.69 Å². The summed E-state index contributed by atoms with van der Waals surface area (Å²) >= 11 is -1.92. The van der Waals surface area contributed by atoms with E-state index in [0.29, 0.717) is 10.6 Å². The maximum atomic E-state index is 10.4. The van der Waals surface area contributed by atoms with Gasteiger partial charge in [-0.3, -0.25) is 0 Å². The summed E-state index contributed by atoms with van der Waals surface area (Å²) in [4.78, 5) is 0.333. The van der Waals surface area contributed by atoms with Crippen molar-refractivity contribution < 1.29 is 8.76 Å². The third-order valence-electron chi connectivity index (χ3n) is 1.06. The lowest BCUT2D eigenvalue weighted by Gasteiger charge is -1.94. The molecule has 4 heteroatoms. The molecule has 0 bridgehead atoms. The van der Waals surface area contributed by atoms with Crippen molar-refractivity contribution >= 4 is 16.8 Å². The van der Waals surface area contributed by atoms with Gasteiger partial charge in [-0.2, -0.15) is 0 Å². The van der Waals surface area contributed by atoms with Crippen molar-refractivity contribution in [2.45, 2.75) is 4.90 Å². The minimum Gasteiger partial charge on any atom is -0.399 e. The Morgan fingerprint density at radius 3 is 2.60 bits per heavy atom. The SMILES string of the molecule is Nc1cccc(S(=O)O)c1. The van der Waals surface area contributed by atoms with Gasteiger partial charge in [0.2, 0.25) is 0 Å². The quantitative estimate of drug-likeness (QED) is 0.469. The lowest BCUT2D eigenvalue weighted by molar-refractivity contribution is 0.564. The van der Waals surface area contributed by atoms with Crippen LogP contribution >= 0.6 is 0 Å². The summed E-state index contributed by atoms with van der Waals surface area (Å²) in [6.45, 7) is 0. The Labute approximate surface area is 61.1 Å². The molecule has 0 saturated heterocycles. The number of anilines is 1.